The minimum absolute atomic E-state index is 0.109. The quantitative estimate of drug-likeness (QED) is 0.577. The second-order valence-electron chi connectivity index (χ2n) is 6.17. The number of ether oxygens (including phenoxy) is 1. The zero-order valence-electron chi connectivity index (χ0n) is 14.8. The number of hydrogen-bond acceptors (Lipinski definition) is 3. The highest BCUT2D eigenvalue weighted by Gasteiger charge is 2.23. The van der Waals surface area contributed by atoms with Gasteiger partial charge in [-0.1, -0.05) is 41.4 Å². The van der Waals surface area contributed by atoms with E-state index in [-0.39, 0.29) is 12.1 Å². The highest BCUT2D eigenvalue weighted by atomic mass is 35.5. The number of benzene rings is 2. The molecule has 1 heterocycles. The van der Waals surface area contributed by atoms with Crippen LogP contribution in [-0.2, 0) is 11.3 Å². The molecule has 3 N–H and O–H groups in total. The van der Waals surface area contributed by atoms with E-state index in [0.717, 1.165) is 16.8 Å². The van der Waals surface area contributed by atoms with E-state index in [9.17, 15) is 4.79 Å². The first-order valence-corrected chi connectivity index (χ1v) is 9.24. The number of cyclic esters (lactones) is 1. The number of guanidine groups is 1. The number of nitrogens with one attached hydrogen (secondary N) is 1. The van der Waals surface area contributed by atoms with Gasteiger partial charge in [-0.25, -0.2) is 9.79 Å². The summed E-state index contributed by atoms with van der Waals surface area (Å²) in [6, 6.07) is 12.8. The molecule has 1 saturated heterocycles. The van der Waals surface area contributed by atoms with Crippen molar-refractivity contribution in [3.05, 3.63) is 63.6 Å². The molecule has 2 aromatic carbocycles. The number of rotatable bonds is 5. The van der Waals surface area contributed by atoms with E-state index in [2.05, 4.69) is 10.3 Å². The fraction of sp³-hybridized carbons (Fsp3) is 0.263. The molecular formula is C19H20Cl2N4O2. The highest BCUT2D eigenvalue weighted by molar-refractivity contribution is 6.35. The molecule has 0 aromatic heterocycles. The van der Waals surface area contributed by atoms with Crippen molar-refractivity contribution in [2.75, 3.05) is 18.1 Å². The molecular weight excluding hydrogens is 387 g/mol. The minimum Gasteiger partial charge on any atom is -0.447 e. The van der Waals surface area contributed by atoms with E-state index in [1.165, 1.54) is 0 Å². The summed E-state index contributed by atoms with van der Waals surface area (Å²) in [5.74, 6) is 0.320. The smallest absolute Gasteiger partial charge is 0.414 e. The van der Waals surface area contributed by atoms with Crippen LogP contribution in [0.4, 0.5) is 10.5 Å². The maximum Gasteiger partial charge on any atom is 0.414 e. The summed E-state index contributed by atoms with van der Waals surface area (Å²) in [7, 11) is 0. The Kier molecular flexibility index (Phi) is 6.08. The monoisotopic (exact) mass is 406 g/mol. The molecule has 0 radical (unpaired) electrons. The van der Waals surface area contributed by atoms with Crippen LogP contribution in [0.1, 0.15) is 24.1 Å². The molecule has 27 heavy (non-hydrogen) atoms. The summed E-state index contributed by atoms with van der Waals surface area (Å²) in [5.41, 5.74) is 8.67. The molecule has 142 valence electrons. The number of carbonyl (C=O) groups excluding carboxylic acids is 1. The van der Waals surface area contributed by atoms with Gasteiger partial charge >= 0.3 is 6.09 Å². The van der Waals surface area contributed by atoms with Gasteiger partial charge in [-0.2, -0.15) is 0 Å². The van der Waals surface area contributed by atoms with Crippen LogP contribution in [0.2, 0.25) is 10.0 Å². The summed E-state index contributed by atoms with van der Waals surface area (Å²) < 4.78 is 4.94. The van der Waals surface area contributed by atoms with Gasteiger partial charge in [0.25, 0.3) is 0 Å². The van der Waals surface area contributed by atoms with Gasteiger partial charge in [-0.3, -0.25) is 4.90 Å². The van der Waals surface area contributed by atoms with Crippen LogP contribution in [0.25, 0.3) is 0 Å². The maximum atomic E-state index is 11.6. The van der Waals surface area contributed by atoms with E-state index >= 15 is 0 Å². The first-order chi connectivity index (χ1) is 12.9. The van der Waals surface area contributed by atoms with Crippen LogP contribution in [-0.4, -0.2) is 25.2 Å². The van der Waals surface area contributed by atoms with Gasteiger partial charge in [0.05, 0.1) is 19.1 Å². The molecule has 0 saturated carbocycles. The van der Waals surface area contributed by atoms with Gasteiger partial charge in [0.2, 0.25) is 0 Å². The second kappa shape index (κ2) is 8.50. The maximum absolute atomic E-state index is 11.6. The molecule has 0 spiro atoms. The van der Waals surface area contributed by atoms with Crippen molar-refractivity contribution in [3.63, 3.8) is 0 Å². The molecule has 1 unspecified atom stereocenters. The van der Waals surface area contributed by atoms with E-state index < -0.39 is 0 Å². The van der Waals surface area contributed by atoms with Crippen LogP contribution in [0, 0.1) is 0 Å². The number of carbonyl (C=O) groups is 1. The zero-order chi connectivity index (χ0) is 19.4. The van der Waals surface area contributed by atoms with E-state index in [0.29, 0.717) is 35.7 Å². The van der Waals surface area contributed by atoms with Gasteiger partial charge in [0.1, 0.15) is 6.61 Å². The molecule has 1 aliphatic rings. The number of amides is 1. The van der Waals surface area contributed by atoms with Crippen molar-refractivity contribution in [2.45, 2.75) is 19.5 Å². The van der Waals surface area contributed by atoms with Gasteiger partial charge < -0.3 is 15.8 Å². The van der Waals surface area contributed by atoms with Crippen molar-refractivity contribution >= 4 is 40.9 Å². The molecule has 0 bridgehead atoms. The zero-order valence-corrected chi connectivity index (χ0v) is 16.3. The van der Waals surface area contributed by atoms with E-state index in [1.807, 2.05) is 37.3 Å². The van der Waals surface area contributed by atoms with Crippen molar-refractivity contribution in [1.29, 1.82) is 0 Å². The third kappa shape index (κ3) is 4.84. The number of hydrogen-bond donors (Lipinski definition) is 2. The normalized spacial score (nSPS) is 15.6. The third-order valence-electron chi connectivity index (χ3n) is 4.23. The molecule has 2 aromatic rings. The Bertz CT molecular complexity index is 855. The molecule has 1 fully saturated rings. The van der Waals surface area contributed by atoms with Crippen molar-refractivity contribution in [3.8, 4) is 0 Å². The molecule has 3 rings (SSSR count). The average molecular weight is 407 g/mol. The third-order valence-corrected chi connectivity index (χ3v) is 4.80. The van der Waals surface area contributed by atoms with Crippen molar-refractivity contribution in [2.24, 2.45) is 10.7 Å². The molecule has 6 nitrogen and oxygen atoms in total. The Hall–Kier alpha value is -2.44. The lowest BCUT2D eigenvalue weighted by molar-refractivity contribution is 0.181. The lowest BCUT2D eigenvalue weighted by atomic mass is 10.1. The Morgan fingerprint density at radius 2 is 2.04 bits per heavy atom. The predicted octanol–water partition coefficient (Wildman–Crippen LogP) is 4.12. The summed E-state index contributed by atoms with van der Waals surface area (Å²) in [6.07, 6.45) is -0.316. The first kappa shape index (κ1) is 19.3. The molecule has 0 aliphatic carbocycles. The molecule has 8 heteroatoms. The summed E-state index contributed by atoms with van der Waals surface area (Å²) in [5, 5.41) is 4.28. The molecule has 1 amide bonds. The summed E-state index contributed by atoms with van der Waals surface area (Å²) in [6.45, 7) is 3.35. The summed E-state index contributed by atoms with van der Waals surface area (Å²) >= 11 is 12.1. The lowest BCUT2D eigenvalue weighted by Gasteiger charge is -2.16. The SMILES string of the molecule is CC(NC(N)=NCc1ccc(N2CCOC2=O)cc1)c1ccc(Cl)cc1Cl. The Balaban J connectivity index is 1.59. The Labute approximate surface area is 167 Å². The lowest BCUT2D eigenvalue weighted by Crippen LogP contribution is -2.34. The van der Waals surface area contributed by atoms with E-state index in [1.54, 1.807) is 17.0 Å². The Morgan fingerprint density at radius 3 is 2.67 bits per heavy atom. The first-order valence-electron chi connectivity index (χ1n) is 8.48. The van der Waals surface area contributed by atoms with Crippen LogP contribution >= 0.6 is 23.2 Å². The molecule has 1 aliphatic heterocycles. The topological polar surface area (TPSA) is 79.9 Å². The number of aliphatic imine (C=N–C) groups is 1. The van der Waals surface area contributed by atoms with Gasteiger partial charge in [0, 0.05) is 15.7 Å². The van der Waals surface area contributed by atoms with Gasteiger partial charge in [0.15, 0.2) is 5.96 Å². The number of nitrogens with two attached hydrogens (primary N) is 1. The summed E-state index contributed by atoms with van der Waals surface area (Å²) in [4.78, 5) is 17.5. The second-order valence-corrected chi connectivity index (χ2v) is 7.01. The number of halogens is 2. The van der Waals surface area contributed by atoms with Crippen LogP contribution in [0.5, 0.6) is 0 Å². The Morgan fingerprint density at radius 1 is 1.30 bits per heavy atom. The fourth-order valence-electron chi connectivity index (χ4n) is 2.78. The standard InChI is InChI=1S/C19H20Cl2N4O2/c1-12(16-7-4-14(20)10-17(16)21)24-18(22)23-11-13-2-5-15(6-3-13)25-8-9-27-19(25)26/h2-7,10,12H,8-9,11H2,1H3,(H3,22,23,24). The predicted molar refractivity (Wildman–Crippen MR) is 108 cm³/mol. The van der Waals surface area contributed by atoms with Crippen LogP contribution in [0.15, 0.2) is 47.5 Å². The van der Waals surface area contributed by atoms with Crippen LogP contribution in [0.3, 0.4) is 0 Å². The van der Waals surface area contributed by atoms with Gasteiger partial charge in [-0.05, 0) is 42.3 Å². The number of nitrogens with zero attached hydrogens (tertiary/aromatic N) is 2. The number of anilines is 1. The van der Waals surface area contributed by atoms with Crippen LogP contribution < -0.4 is 16.0 Å². The van der Waals surface area contributed by atoms with Crippen molar-refractivity contribution in [1.82, 2.24) is 5.32 Å². The molecule has 1 atom stereocenters. The van der Waals surface area contributed by atoms with Crippen molar-refractivity contribution < 1.29 is 9.53 Å². The average Bonchev–Trinajstić information content (AvgIpc) is 3.06. The largest absolute Gasteiger partial charge is 0.447 e. The van der Waals surface area contributed by atoms with Gasteiger partial charge in [-0.15, -0.1) is 0 Å². The highest BCUT2D eigenvalue weighted by Crippen LogP contribution is 2.26. The van der Waals surface area contributed by atoms with E-state index in [4.69, 9.17) is 33.7 Å². The minimum atomic E-state index is -0.316. The fourth-order valence-corrected chi connectivity index (χ4v) is 3.36.